The molecular formula is C10H10O3. The molecule has 0 aliphatic heterocycles. The molecule has 0 amide bonds. The van der Waals surface area contributed by atoms with E-state index in [0.717, 1.165) is 30.4 Å². The zero-order valence-corrected chi connectivity index (χ0v) is 7.08. The number of benzene rings is 1. The number of hydrogen-bond acceptors (Lipinski definition) is 2. The van der Waals surface area contributed by atoms with Gasteiger partial charge in [0.2, 0.25) is 0 Å². The lowest BCUT2D eigenvalue weighted by atomic mass is 10.0. The molecule has 68 valence electrons. The summed E-state index contributed by atoms with van der Waals surface area (Å²) in [6.07, 6.45) is 2.75. The highest BCUT2D eigenvalue weighted by atomic mass is 16.4. The van der Waals surface area contributed by atoms with Gasteiger partial charge in [0.25, 0.3) is 0 Å². The van der Waals surface area contributed by atoms with Crippen molar-refractivity contribution < 1.29 is 15.0 Å². The molecule has 1 aliphatic rings. The molecule has 0 atom stereocenters. The van der Waals surface area contributed by atoms with Crippen LogP contribution in [0.25, 0.3) is 0 Å². The first-order valence-electron chi connectivity index (χ1n) is 4.27. The summed E-state index contributed by atoms with van der Waals surface area (Å²) in [6.45, 7) is 0. The highest BCUT2D eigenvalue weighted by molar-refractivity contribution is 5.91. The van der Waals surface area contributed by atoms with Crippen molar-refractivity contribution in [3.05, 3.63) is 28.8 Å². The first-order chi connectivity index (χ1) is 6.20. The largest absolute Gasteiger partial charge is 0.507 e. The van der Waals surface area contributed by atoms with E-state index in [2.05, 4.69) is 0 Å². The van der Waals surface area contributed by atoms with E-state index in [0.29, 0.717) is 0 Å². The number of phenols is 1. The van der Waals surface area contributed by atoms with Gasteiger partial charge in [0.1, 0.15) is 11.3 Å². The van der Waals surface area contributed by atoms with E-state index < -0.39 is 5.97 Å². The van der Waals surface area contributed by atoms with E-state index in [4.69, 9.17) is 5.11 Å². The Balaban J connectivity index is 2.59. The van der Waals surface area contributed by atoms with E-state index in [-0.39, 0.29) is 11.3 Å². The van der Waals surface area contributed by atoms with Crippen LogP contribution in [0.4, 0.5) is 0 Å². The summed E-state index contributed by atoms with van der Waals surface area (Å²) in [6, 6.07) is 3.27. The number of aromatic carboxylic acids is 1. The lowest BCUT2D eigenvalue weighted by Gasteiger charge is -2.05. The maximum absolute atomic E-state index is 10.7. The van der Waals surface area contributed by atoms with Crippen molar-refractivity contribution in [3.63, 3.8) is 0 Å². The highest BCUT2D eigenvalue weighted by Crippen LogP contribution is 2.32. The maximum atomic E-state index is 10.7. The number of fused-ring (bicyclic) bond motifs is 1. The Hall–Kier alpha value is -1.51. The van der Waals surface area contributed by atoms with Crippen LogP contribution >= 0.6 is 0 Å². The van der Waals surface area contributed by atoms with Crippen molar-refractivity contribution in [2.24, 2.45) is 0 Å². The quantitative estimate of drug-likeness (QED) is 0.686. The number of aromatic hydroxyl groups is 1. The van der Waals surface area contributed by atoms with E-state index >= 15 is 0 Å². The van der Waals surface area contributed by atoms with Crippen LogP contribution in [0, 0.1) is 0 Å². The van der Waals surface area contributed by atoms with Crippen LogP contribution in [0.2, 0.25) is 0 Å². The predicted molar refractivity (Wildman–Crippen MR) is 47.1 cm³/mol. The molecule has 0 bridgehead atoms. The van der Waals surface area contributed by atoms with Crippen molar-refractivity contribution in [1.29, 1.82) is 0 Å². The minimum Gasteiger partial charge on any atom is -0.507 e. The minimum atomic E-state index is -1.06. The molecule has 1 aromatic rings. The molecule has 1 aromatic carbocycles. The molecule has 3 heteroatoms. The monoisotopic (exact) mass is 178 g/mol. The molecule has 0 heterocycles. The lowest BCUT2D eigenvalue weighted by Crippen LogP contribution is -1.98. The molecule has 0 saturated heterocycles. The Morgan fingerprint density at radius 3 is 2.77 bits per heavy atom. The molecule has 3 nitrogen and oxygen atoms in total. The second-order valence-corrected chi connectivity index (χ2v) is 3.26. The van der Waals surface area contributed by atoms with Crippen molar-refractivity contribution >= 4 is 5.97 Å². The normalized spacial score (nSPS) is 14.2. The average Bonchev–Trinajstić information content (AvgIpc) is 2.52. The fraction of sp³-hybridized carbons (Fsp3) is 0.300. The summed E-state index contributed by atoms with van der Waals surface area (Å²) in [5.41, 5.74) is 1.92. The molecule has 2 rings (SSSR count). The number of rotatable bonds is 1. The van der Waals surface area contributed by atoms with Gasteiger partial charge in [-0.25, -0.2) is 4.79 Å². The smallest absolute Gasteiger partial charge is 0.339 e. The number of carboxylic acids is 1. The van der Waals surface area contributed by atoms with Gasteiger partial charge in [0, 0.05) is 0 Å². The summed E-state index contributed by atoms with van der Waals surface area (Å²) < 4.78 is 0. The van der Waals surface area contributed by atoms with Crippen LogP contribution in [-0.2, 0) is 12.8 Å². The Morgan fingerprint density at radius 2 is 2.08 bits per heavy atom. The Labute approximate surface area is 75.6 Å². The molecule has 2 N–H and O–H groups in total. The second kappa shape index (κ2) is 2.76. The molecular weight excluding hydrogens is 168 g/mol. The number of aryl methyl sites for hydroxylation is 1. The lowest BCUT2D eigenvalue weighted by molar-refractivity contribution is 0.0693. The van der Waals surface area contributed by atoms with Gasteiger partial charge in [-0.15, -0.1) is 0 Å². The Bertz CT molecular complexity index is 369. The van der Waals surface area contributed by atoms with Crippen molar-refractivity contribution in [2.75, 3.05) is 0 Å². The van der Waals surface area contributed by atoms with Gasteiger partial charge in [-0.2, -0.15) is 0 Å². The average molecular weight is 178 g/mol. The summed E-state index contributed by atoms with van der Waals surface area (Å²) >= 11 is 0. The summed E-state index contributed by atoms with van der Waals surface area (Å²) in [4.78, 5) is 10.7. The Morgan fingerprint density at radius 1 is 1.31 bits per heavy atom. The van der Waals surface area contributed by atoms with E-state index in [9.17, 15) is 9.90 Å². The molecule has 13 heavy (non-hydrogen) atoms. The Kier molecular flexibility index (Phi) is 1.72. The minimum absolute atomic E-state index is 0.0145. The van der Waals surface area contributed by atoms with E-state index in [1.165, 1.54) is 6.07 Å². The zero-order valence-electron chi connectivity index (χ0n) is 7.08. The molecule has 0 saturated carbocycles. The number of carbonyl (C=O) groups is 1. The fourth-order valence-corrected chi connectivity index (χ4v) is 1.82. The van der Waals surface area contributed by atoms with Gasteiger partial charge in [-0.05, 0) is 36.5 Å². The fourth-order valence-electron chi connectivity index (χ4n) is 1.82. The van der Waals surface area contributed by atoms with Gasteiger partial charge < -0.3 is 10.2 Å². The van der Waals surface area contributed by atoms with Crippen LogP contribution in [0.3, 0.4) is 0 Å². The zero-order chi connectivity index (χ0) is 9.42. The predicted octanol–water partition coefficient (Wildman–Crippen LogP) is 1.58. The number of hydrogen-bond donors (Lipinski definition) is 2. The summed E-state index contributed by atoms with van der Waals surface area (Å²) in [5.74, 6) is -1.10. The first-order valence-corrected chi connectivity index (χ1v) is 4.27. The van der Waals surface area contributed by atoms with Gasteiger partial charge >= 0.3 is 5.97 Å². The third-order valence-corrected chi connectivity index (χ3v) is 2.48. The number of carboxylic acid groups (broad SMARTS) is 1. The molecule has 0 spiro atoms. The third-order valence-electron chi connectivity index (χ3n) is 2.48. The molecule has 1 aliphatic carbocycles. The van der Waals surface area contributed by atoms with Gasteiger partial charge in [0.15, 0.2) is 0 Å². The van der Waals surface area contributed by atoms with E-state index in [1.54, 1.807) is 6.07 Å². The summed E-state index contributed by atoms with van der Waals surface area (Å²) in [7, 11) is 0. The van der Waals surface area contributed by atoms with Gasteiger partial charge in [-0.3, -0.25) is 0 Å². The second-order valence-electron chi connectivity index (χ2n) is 3.26. The van der Waals surface area contributed by atoms with E-state index in [1.807, 2.05) is 0 Å². The molecule has 0 aromatic heterocycles. The van der Waals surface area contributed by atoms with Crippen molar-refractivity contribution in [3.8, 4) is 5.75 Å². The van der Waals surface area contributed by atoms with Gasteiger partial charge in [-0.1, -0.05) is 6.07 Å². The topological polar surface area (TPSA) is 57.5 Å². The maximum Gasteiger partial charge on any atom is 0.339 e. The molecule has 0 unspecified atom stereocenters. The third kappa shape index (κ3) is 1.16. The molecule has 0 radical (unpaired) electrons. The van der Waals surface area contributed by atoms with Crippen LogP contribution in [-0.4, -0.2) is 16.2 Å². The summed E-state index contributed by atoms with van der Waals surface area (Å²) in [5, 5.41) is 18.3. The van der Waals surface area contributed by atoms with Crippen LogP contribution in [0.5, 0.6) is 5.75 Å². The van der Waals surface area contributed by atoms with Crippen molar-refractivity contribution in [2.45, 2.75) is 19.3 Å². The standard InChI is InChI=1S/C10H10O3/c11-9-7-3-1-2-6(7)4-5-8(9)10(12)13/h4-5,11H,1-3H2,(H,12,13). The molecule has 0 fully saturated rings. The first kappa shape index (κ1) is 8.10. The van der Waals surface area contributed by atoms with Crippen LogP contribution in [0.1, 0.15) is 27.9 Å². The van der Waals surface area contributed by atoms with Crippen molar-refractivity contribution in [1.82, 2.24) is 0 Å². The van der Waals surface area contributed by atoms with Crippen LogP contribution < -0.4 is 0 Å². The van der Waals surface area contributed by atoms with Crippen LogP contribution in [0.15, 0.2) is 12.1 Å². The SMILES string of the molecule is O=C(O)c1ccc2c(c1O)CCC2. The van der Waals surface area contributed by atoms with Gasteiger partial charge in [0.05, 0.1) is 0 Å². The highest BCUT2D eigenvalue weighted by Gasteiger charge is 2.19.